The highest BCUT2D eigenvalue weighted by Gasteiger charge is 2.17. The summed E-state index contributed by atoms with van der Waals surface area (Å²) in [5.74, 6) is -0.419. The van der Waals surface area contributed by atoms with Crippen molar-refractivity contribution in [3.05, 3.63) is 34.6 Å². The minimum atomic E-state index is -0.366. The van der Waals surface area contributed by atoms with E-state index < -0.39 is 0 Å². The molecule has 15 heavy (non-hydrogen) atoms. The van der Waals surface area contributed by atoms with E-state index in [1.165, 1.54) is 12.1 Å². The normalized spacial score (nSPS) is 10.1. The molecule has 0 unspecified atom stereocenters. The van der Waals surface area contributed by atoms with E-state index in [0.29, 0.717) is 20.9 Å². The largest absolute Gasteiger partial charge is 0.207 e. The van der Waals surface area contributed by atoms with E-state index >= 15 is 0 Å². The monoisotopic (exact) mass is 239 g/mol. The first-order valence-electron chi connectivity index (χ1n) is 4.44. The molecule has 1 aromatic carbocycles. The van der Waals surface area contributed by atoms with Gasteiger partial charge in [0.25, 0.3) is 0 Å². The zero-order chi connectivity index (χ0) is 11.6. The molecule has 0 fully saturated rings. The van der Waals surface area contributed by atoms with E-state index in [9.17, 15) is 4.39 Å². The van der Waals surface area contributed by atoms with E-state index in [2.05, 4.69) is 12.6 Å². The number of thiol groups is 1. The number of rotatable bonds is 2. The minimum Gasteiger partial charge on any atom is -0.207 e. The number of thiocarbonyl (C=S) groups is 1. The highest BCUT2D eigenvalue weighted by Crippen LogP contribution is 2.26. The van der Waals surface area contributed by atoms with Crippen molar-refractivity contribution in [3.63, 3.8) is 0 Å². The van der Waals surface area contributed by atoms with Crippen LogP contribution in [0, 0.1) is 17.1 Å². The first-order chi connectivity index (χ1) is 6.99. The molecule has 1 rings (SSSR count). The molecular weight excluding hydrogens is 229 g/mol. The summed E-state index contributed by atoms with van der Waals surface area (Å²) in [6, 6.07) is 4.81. The fraction of sp³-hybridized carbons (Fsp3) is 0.273. The van der Waals surface area contributed by atoms with Crippen molar-refractivity contribution in [1.29, 1.82) is 5.26 Å². The van der Waals surface area contributed by atoms with Gasteiger partial charge in [0.15, 0.2) is 0 Å². The minimum absolute atomic E-state index is 0.0534. The van der Waals surface area contributed by atoms with Gasteiger partial charge in [-0.2, -0.15) is 5.26 Å². The molecule has 0 aromatic heterocycles. The van der Waals surface area contributed by atoms with Crippen molar-refractivity contribution in [2.75, 3.05) is 0 Å². The van der Waals surface area contributed by atoms with Gasteiger partial charge in [-0.3, -0.25) is 0 Å². The summed E-state index contributed by atoms with van der Waals surface area (Å²) < 4.78 is 13.8. The zero-order valence-corrected chi connectivity index (χ0v) is 10.1. The van der Waals surface area contributed by atoms with Gasteiger partial charge in [-0.1, -0.05) is 26.1 Å². The quantitative estimate of drug-likeness (QED) is 0.631. The number of hydrogen-bond acceptors (Lipinski definition) is 2. The Morgan fingerprint density at radius 3 is 2.53 bits per heavy atom. The second-order valence-corrected chi connectivity index (χ2v) is 4.61. The standard InChI is InChI=1S/C11H10FNS2/c1-6(2)10-8(5-13)7(11(14)15)3-4-9(10)12/h3-4,6H,1-2H3,(H,14,15). The SMILES string of the molecule is CC(C)c1c(F)ccc(C(=S)S)c1C#N. The van der Waals surface area contributed by atoms with E-state index in [0.717, 1.165) is 0 Å². The molecule has 0 bridgehead atoms. The van der Waals surface area contributed by atoms with Gasteiger partial charge in [0.1, 0.15) is 11.9 Å². The van der Waals surface area contributed by atoms with Crippen LogP contribution in [0.1, 0.15) is 36.5 Å². The second-order valence-electron chi connectivity index (χ2n) is 3.46. The van der Waals surface area contributed by atoms with Crippen molar-refractivity contribution in [2.24, 2.45) is 0 Å². The van der Waals surface area contributed by atoms with Gasteiger partial charge >= 0.3 is 0 Å². The summed E-state index contributed by atoms with van der Waals surface area (Å²) in [7, 11) is 0. The average molecular weight is 239 g/mol. The lowest BCUT2D eigenvalue weighted by molar-refractivity contribution is 0.597. The van der Waals surface area contributed by atoms with Crippen LogP contribution in [0.5, 0.6) is 0 Å². The molecule has 0 saturated heterocycles. The number of halogens is 1. The summed E-state index contributed by atoms with van der Waals surface area (Å²) in [4.78, 5) is 0. The van der Waals surface area contributed by atoms with Crippen LogP contribution in [-0.2, 0) is 0 Å². The number of nitrogens with zero attached hydrogens (tertiary/aromatic N) is 1. The fourth-order valence-electron chi connectivity index (χ4n) is 1.46. The van der Waals surface area contributed by atoms with Crippen LogP contribution in [0.4, 0.5) is 4.39 Å². The fourth-order valence-corrected chi connectivity index (χ4v) is 1.81. The molecule has 0 aliphatic rings. The Bertz CT molecular complexity index is 447. The Labute approximate surface area is 99.3 Å². The molecule has 1 aromatic rings. The van der Waals surface area contributed by atoms with Gasteiger partial charge in [-0.15, -0.1) is 12.6 Å². The van der Waals surface area contributed by atoms with Gasteiger partial charge in [0.05, 0.1) is 9.76 Å². The van der Waals surface area contributed by atoms with Crippen molar-refractivity contribution in [3.8, 4) is 6.07 Å². The van der Waals surface area contributed by atoms with Crippen molar-refractivity contribution in [1.82, 2.24) is 0 Å². The molecular formula is C11H10FNS2. The maximum atomic E-state index is 13.5. The molecule has 0 saturated carbocycles. The smallest absolute Gasteiger partial charge is 0.128 e. The Morgan fingerprint density at radius 1 is 1.53 bits per heavy atom. The van der Waals surface area contributed by atoms with Crippen molar-refractivity contribution in [2.45, 2.75) is 19.8 Å². The molecule has 0 aliphatic heterocycles. The second kappa shape index (κ2) is 4.73. The summed E-state index contributed by atoms with van der Waals surface area (Å²) in [6.07, 6.45) is 0. The third-order valence-electron chi connectivity index (χ3n) is 2.11. The average Bonchev–Trinajstić information content (AvgIpc) is 2.15. The predicted octanol–water partition coefficient (Wildman–Crippen LogP) is 3.43. The Kier molecular flexibility index (Phi) is 3.83. The van der Waals surface area contributed by atoms with Crippen LogP contribution in [0.2, 0.25) is 0 Å². The van der Waals surface area contributed by atoms with Crippen molar-refractivity contribution < 1.29 is 4.39 Å². The van der Waals surface area contributed by atoms with E-state index in [1.807, 2.05) is 19.9 Å². The maximum Gasteiger partial charge on any atom is 0.128 e. The molecule has 0 heterocycles. The molecule has 0 spiro atoms. The van der Waals surface area contributed by atoms with Crippen molar-refractivity contribution >= 4 is 29.0 Å². The third-order valence-corrected chi connectivity index (χ3v) is 2.57. The van der Waals surface area contributed by atoms with Crippen LogP contribution in [0.15, 0.2) is 12.1 Å². The molecule has 0 N–H and O–H groups in total. The van der Waals surface area contributed by atoms with E-state index in [1.54, 1.807) is 0 Å². The van der Waals surface area contributed by atoms with E-state index in [-0.39, 0.29) is 11.7 Å². The van der Waals surface area contributed by atoms with Gasteiger partial charge in [0.2, 0.25) is 0 Å². The van der Waals surface area contributed by atoms with Gasteiger partial charge in [-0.05, 0) is 18.1 Å². The number of hydrogen-bond donors (Lipinski definition) is 1. The van der Waals surface area contributed by atoms with Crippen LogP contribution in [0.25, 0.3) is 0 Å². The highest BCUT2D eigenvalue weighted by molar-refractivity contribution is 8.11. The van der Waals surface area contributed by atoms with Crippen LogP contribution in [-0.4, -0.2) is 4.20 Å². The summed E-state index contributed by atoms with van der Waals surface area (Å²) in [5, 5.41) is 9.01. The molecule has 0 radical (unpaired) electrons. The molecule has 0 amide bonds. The van der Waals surface area contributed by atoms with Crippen LogP contribution < -0.4 is 0 Å². The van der Waals surface area contributed by atoms with Gasteiger partial charge < -0.3 is 0 Å². The first kappa shape index (κ1) is 12.2. The topological polar surface area (TPSA) is 23.8 Å². The summed E-state index contributed by atoms with van der Waals surface area (Å²) in [5.41, 5.74) is 1.23. The summed E-state index contributed by atoms with van der Waals surface area (Å²) >= 11 is 8.91. The Morgan fingerprint density at radius 2 is 2.13 bits per heavy atom. The lowest BCUT2D eigenvalue weighted by atomic mass is 9.94. The van der Waals surface area contributed by atoms with Crippen LogP contribution in [0.3, 0.4) is 0 Å². The maximum absolute atomic E-state index is 13.5. The summed E-state index contributed by atoms with van der Waals surface area (Å²) in [6.45, 7) is 3.68. The predicted molar refractivity (Wildman–Crippen MR) is 65.9 cm³/mol. The van der Waals surface area contributed by atoms with E-state index in [4.69, 9.17) is 17.5 Å². The first-order valence-corrected chi connectivity index (χ1v) is 5.30. The Hall–Kier alpha value is -0.920. The van der Waals surface area contributed by atoms with Gasteiger partial charge in [0, 0.05) is 11.1 Å². The molecule has 0 aliphatic carbocycles. The molecule has 4 heteroatoms. The molecule has 0 atom stereocenters. The third kappa shape index (κ3) is 2.36. The Balaban J connectivity index is 3.56. The van der Waals surface area contributed by atoms with Crippen LogP contribution >= 0.6 is 24.8 Å². The number of nitriles is 1. The number of benzene rings is 1. The molecule has 1 nitrogen and oxygen atoms in total. The lowest BCUT2D eigenvalue weighted by Gasteiger charge is -2.12. The highest BCUT2D eigenvalue weighted by atomic mass is 32.1. The lowest BCUT2D eigenvalue weighted by Crippen LogP contribution is -2.03. The zero-order valence-electron chi connectivity index (χ0n) is 8.41. The van der Waals surface area contributed by atoms with Gasteiger partial charge in [-0.25, -0.2) is 4.39 Å². The molecule has 78 valence electrons.